The zero-order chi connectivity index (χ0) is 15.4. The number of aryl methyl sites for hydroxylation is 1. The molecule has 2 rings (SSSR count). The molecule has 1 N–H and O–H groups in total. The van der Waals surface area contributed by atoms with Gasteiger partial charge in [-0.1, -0.05) is 6.92 Å². The number of hydrogen-bond donors (Lipinski definition) is 1. The third-order valence-electron chi connectivity index (χ3n) is 2.91. The van der Waals surface area contributed by atoms with Crippen LogP contribution in [0.1, 0.15) is 25.2 Å². The van der Waals surface area contributed by atoms with Crippen LogP contribution >= 0.6 is 15.9 Å². The standard InChI is InChI=1S/C15H17BrFN3O/c1-4-13-19-14(18-5-2)9(3)15(20-13)21-10-6-7-12(17)11(16)8-10/h6-8H,4-5H2,1-3H3,(H,18,19,20). The normalized spacial score (nSPS) is 10.5. The fourth-order valence-electron chi connectivity index (χ4n) is 1.79. The van der Waals surface area contributed by atoms with Crippen molar-refractivity contribution in [2.45, 2.75) is 27.2 Å². The molecule has 0 spiro atoms. The van der Waals surface area contributed by atoms with Crippen molar-refractivity contribution in [2.75, 3.05) is 11.9 Å². The van der Waals surface area contributed by atoms with Crippen LogP contribution in [-0.2, 0) is 6.42 Å². The van der Waals surface area contributed by atoms with Crippen molar-refractivity contribution in [3.63, 3.8) is 0 Å². The van der Waals surface area contributed by atoms with E-state index in [1.807, 2.05) is 20.8 Å². The second-order valence-corrected chi connectivity index (χ2v) is 5.33. The molecule has 6 heteroatoms. The summed E-state index contributed by atoms with van der Waals surface area (Å²) in [6.45, 7) is 6.65. The summed E-state index contributed by atoms with van der Waals surface area (Å²) in [5, 5.41) is 3.20. The largest absolute Gasteiger partial charge is 0.439 e. The van der Waals surface area contributed by atoms with Crippen LogP contribution in [0.3, 0.4) is 0 Å². The Morgan fingerprint density at radius 1 is 1.29 bits per heavy atom. The summed E-state index contributed by atoms with van der Waals surface area (Å²) in [4.78, 5) is 8.84. The number of halogens is 2. The lowest BCUT2D eigenvalue weighted by atomic mass is 10.3. The average Bonchev–Trinajstić information content (AvgIpc) is 2.47. The average molecular weight is 354 g/mol. The molecular weight excluding hydrogens is 337 g/mol. The van der Waals surface area contributed by atoms with Crippen molar-refractivity contribution in [1.82, 2.24) is 9.97 Å². The van der Waals surface area contributed by atoms with Gasteiger partial charge in [-0.2, -0.15) is 4.98 Å². The molecule has 0 atom stereocenters. The van der Waals surface area contributed by atoms with Crippen LogP contribution in [0.25, 0.3) is 0 Å². The summed E-state index contributed by atoms with van der Waals surface area (Å²) in [6.07, 6.45) is 0.710. The van der Waals surface area contributed by atoms with E-state index in [-0.39, 0.29) is 5.82 Å². The van der Waals surface area contributed by atoms with Crippen LogP contribution in [0.15, 0.2) is 22.7 Å². The molecule has 0 radical (unpaired) electrons. The van der Waals surface area contributed by atoms with E-state index in [0.29, 0.717) is 28.3 Å². The molecule has 0 aliphatic rings. The molecule has 4 nitrogen and oxygen atoms in total. The highest BCUT2D eigenvalue weighted by molar-refractivity contribution is 9.10. The van der Waals surface area contributed by atoms with Crippen molar-refractivity contribution in [3.05, 3.63) is 39.9 Å². The van der Waals surface area contributed by atoms with Crippen molar-refractivity contribution < 1.29 is 9.13 Å². The first-order valence-electron chi connectivity index (χ1n) is 6.79. The Kier molecular flexibility index (Phi) is 5.12. The van der Waals surface area contributed by atoms with E-state index in [1.54, 1.807) is 12.1 Å². The third-order valence-corrected chi connectivity index (χ3v) is 3.52. The zero-order valence-electron chi connectivity index (χ0n) is 12.2. The number of benzene rings is 1. The van der Waals surface area contributed by atoms with Gasteiger partial charge in [-0.25, -0.2) is 9.37 Å². The van der Waals surface area contributed by atoms with Crippen LogP contribution in [0, 0.1) is 12.7 Å². The van der Waals surface area contributed by atoms with Crippen LogP contribution in [0.4, 0.5) is 10.2 Å². The molecule has 0 amide bonds. The van der Waals surface area contributed by atoms with Gasteiger partial charge in [-0.15, -0.1) is 0 Å². The Morgan fingerprint density at radius 3 is 2.67 bits per heavy atom. The minimum Gasteiger partial charge on any atom is -0.439 e. The minimum absolute atomic E-state index is 0.329. The topological polar surface area (TPSA) is 47.0 Å². The van der Waals surface area contributed by atoms with E-state index in [0.717, 1.165) is 17.9 Å². The SMILES string of the molecule is CCNc1nc(CC)nc(Oc2ccc(F)c(Br)c2)c1C. The summed E-state index contributed by atoms with van der Waals surface area (Å²) in [7, 11) is 0. The lowest BCUT2D eigenvalue weighted by Crippen LogP contribution is -2.07. The highest BCUT2D eigenvalue weighted by Gasteiger charge is 2.12. The van der Waals surface area contributed by atoms with Gasteiger partial charge in [0, 0.05) is 13.0 Å². The first-order chi connectivity index (χ1) is 10.0. The Hall–Kier alpha value is -1.69. The van der Waals surface area contributed by atoms with E-state index in [4.69, 9.17) is 4.74 Å². The van der Waals surface area contributed by atoms with E-state index in [1.165, 1.54) is 6.07 Å². The molecule has 1 aromatic heterocycles. The molecule has 0 aliphatic heterocycles. The second-order valence-electron chi connectivity index (χ2n) is 4.48. The fraction of sp³-hybridized carbons (Fsp3) is 0.333. The fourth-order valence-corrected chi connectivity index (χ4v) is 2.15. The van der Waals surface area contributed by atoms with Gasteiger partial charge >= 0.3 is 0 Å². The molecule has 21 heavy (non-hydrogen) atoms. The molecular formula is C15H17BrFN3O. The third kappa shape index (κ3) is 3.69. The first-order valence-corrected chi connectivity index (χ1v) is 7.58. The Labute approximate surface area is 131 Å². The van der Waals surface area contributed by atoms with E-state index >= 15 is 0 Å². The molecule has 0 unspecified atom stereocenters. The maximum Gasteiger partial charge on any atom is 0.227 e. The van der Waals surface area contributed by atoms with E-state index in [9.17, 15) is 4.39 Å². The molecule has 0 saturated carbocycles. The lowest BCUT2D eigenvalue weighted by Gasteiger charge is -2.13. The van der Waals surface area contributed by atoms with Crippen LogP contribution in [0.2, 0.25) is 0 Å². The van der Waals surface area contributed by atoms with Crippen molar-refractivity contribution in [3.8, 4) is 11.6 Å². The van der Waals surface area contributed by atoms with E-state index < -0.39 is 0 Å². The number of rotatable bonds is 5. The van der Waals surface area contributed by atoms with Gasteiger partial charge in [0.05, 0.1) is 10.0 Å². The molecule has 1 heterocycles. The lowest BCUT2D eigenvalue weighted by molar-refractivity contribution is 0.453. The molecule has 0 aliphatic carbocycles. The maximum absolute atomic E-state index is 13.3. The van der Waals surface area contributed by atoms with Crippen LogP contribution in [-0.4, -0.2) is 16.5 Å². The Bertz CT molecular complexity index is 649. The van der Waals surface area contributed by atoms with Crippen LogP contribution < -0.4 is 10.1 Å². The minimum atomic E-state index is -0.329. The highest BCUT2D eigenvalue weighted by atomic mass is 79.9. The Balaban J connectivity index is 2.37. The van der Waals surface area contributed by atoms with Crippen LogP contribution in [0.5, 0.6) is 11.6 Å². The summed E-state index contributed by atoms with van der Waals surface area (Å²) >= 11 is 3.15. The number of nitrogens with zero attached hydrogens (tertiary/aromatic N) is 2. The van der Waals surface area contributed by atoms with Gasteiger partial charge in [0.2, 0.25) is 5.88 Å². The number of hydrogen-bond acceptors (Lipinski definition) is 4. The molecule has 1 aromatic carbocycles. The second kappa shape index (κ2) is 6.85. The first kappa shape index (κ1) is 15.7. The van der Waals surface area contributed by atoms with E-state index in [2.05, 4.69) is 31.2 Å². The predicted octanol–water partition coefficient (Wildman–Crippen LogP) is 4.47. The maximum atomic E-state index is 13.3. The quantitative estimate of drug-likeness (QED) is 0.861. The molecule has 2 aromatic rings. The number of nitrogens with one attached hydrogen (secondary N) is 1. The molecule has 0 fully saturated rings. The molecule has 0 saturated heterocycles. The summed E-state index contributed by atoms with van der Waals surface area (Å²) in [5.41, 5.74) is 0.828. The van der Waals surface area contributed by atoms with Gasteiger partial charge in [0.25, 0.3) is 0 Å². The van der Waals surface area contributed by atoms with Crippen molar-refractivity contribution >= 4 is 21.7 Å². The highest BCUT2D eigenvalue weighted by Crippen LogP contribution is 2.29. The zero-order valence-corrected chi connectivity index (χ0v) is 13.8. The van der Waals surface area contributed by atoms with Gasteiger partial charge in [-0.3, -0.25) is 0 Å². The van der Waals surface area contributed by atoms with Gasteiger partial charge in [0.15, 0.2) is 0 Å². The number of anilines is 1. The number of ether oxygens (including phenoxy) is 1. The predicted molar refractivity (Wildman–Crippen MR) is 84.5 cm³/mol. The van der Waals surface area contributed by atoms with Gasteiger partial charge in [0.1, 0.15) is 23.2 Å². The summed E-state index contributed by atoms with van der Waals surface area (Å²) in [6, 6.07) is 4.50. The van der Waals surface area contributed by atoms with Gasteiger partial charge in [-0.05, 0) is 48.0 Å². The molecule has 0 bridgehead atoms. The van der Waals surface area contributed by atoms with Gasteiger partial charge < -0.3 is 10.1 Å². The summed E-state index contributed by atoms with van der Waals surface area (Å²) in [5.74, 6) is 2.14. The monoisotopic (exact) mass is 353 g/mol. The smallest absolute Gasteiger partial charge is 0.227 e. The van der Waals surface area contributed by atoms with Crippen molar-refractivity contribution in [2.24, 2.45) is 0 Å². The Morgan fingerprint density at radius 2 is 2.05 bits per heavy atom. The molecule has 112 valence electrons. The summed E-state index contributed by atoms with van der Waals surface area (Å²) < 4.78 is 19.4. The number of aromatic nitrogens is 2. The van der Waals surface area contributed by atoms with Crippen molar-refractivity contribution in [1.29, 1.82) is 0 Å².